The Morgan fingerprint density at radius 2 is 1.80 bits per heavy atom. The molecule has 0 spiro atoms. The maximum Gasteiger partial charge on any atom is 0.231 e. The molecule has 0 aliphatic rings. The van der Waals surface area contributed by atoms with Crippen molar-refractivity contribution in [3.05, 3.63) is 83.6 Å². The summed E-state index contributed by atoms with van der Waals surface area (Å²) in [6, 6.07) is 17.0. The normalized spacial score (nSPS) is 12.3. The van der Waals surface area contributed by atoms with E-state index in [-0.39, 0.29) is 17.6 Å². The third-order valence-electron chi connectivity index (χ3n) is 4.13. The number of oxazole rings is 1. The first-order valence-electron chi connectivity index (χ1n) is 8.11. The first-order valence-corrected chi connectivity index (χ1v) is 8.11. The zero-order valence-electron chi connectivity index (χ0n) is 14.3. The van der Waals surface area contributed by atoms with Gasteiger partial charge in [0.2, 0.25) is 11.7 Å². The van der Waals surface area contributed by atoms with Gasteiger partial charge >= 0.3 is 0 Å². The average molecular weight is 335 g/mol. The molecule has 0 bridgehead atoms. The summed E-state index contributed by atoms with van der Waals surface area (Å²) in [5.41, 5.74) is 7.92. The number of likely N-dealkylation sites (N-methyl/N-ethyl adjacent to an activating group) is 1. The molecule has 0 saturated carbocycles. The Kier molecular flexibility index (Phi) is 4.95. The van der Waals surface area contributed by atoms with Crippen molar-refractivity contribution >= 4 is 11.5 Å². The Morgan fingerprint density at radius 1 is 1.12 bits per heavy atom. The Bertz CT molecular complexity index is 856. The van der Waals surface area contributed by atoms with Crippen LogP contribution < -0.4 is 5.73 Å². The topological polar surface area (TPSA) is 72.4 Å². The van der Waals surface area contributed by atoms with E-state index in [1.54, 1.807) is 24.3 Å². The number of nitrogens with two attached hydrogens (primary N) is 1. The van der Waals surface area contributed by atoms with E-state index in [1.807, 2.05) is 37.2 Å². The van der Waals surface area contributed by atoms with E-state index in [2.05, 4.69) is 17.1 Å². The summed E-state index contributed by atoms with van der Waals surface area (Å²) in [6.07, 6.45) is 2.22. The Morgan fingerprint density at radius 3 is 2.48 bits per heavy atom. The molecule has 5 heteroatoms. The highest BCUT2D eigenvalue weighted by atomic mass is 16.4. The molecule has 2 N–H and O–H groups in total. The van der Waals surface area contributed by atoms with Crippen LogP contribution in [-0.4, -0.2) is 29.8 Å². The van der Waals surface area contributed by atoms with Gasteiger partial charge < -0.3 is 10.2 Å². The van der Waals surface area contributed by atoms with Crippen LogP contribution in [0.1, 0.15) is 33.6 Å². The highest BCUT2D eigenvalue weighted by Crippen LogP contribution is 2.24. The fraction of sp³-hybridized carbons (Fsp3) is 0.200. The van der Waals surface area contributed by atoms with Crippen molar-refractivity contribution < 1.29 is 9.21 Å². The van der Waals surface area contributed by atoms with Crippen LogP contribution in [0.2, 0.25) is 0 Å². The Balaban J connectivity index is 1.85. The van der Waals surface area contributed by atoms with Crippen LogP contribution in [0.25, 0.3) is 0 Å². The van der Waals surface area contributed by atoms with E-state index in [4.69, 9.17) is 10.2 Å². The van der Waals surface area contributed by atoms with Crippen LogP contribution in [0.3, 0.4) is 0 Å². The molecule has 1 aromatic heterocycles. The molecule has 128 valence electrons. The fourth-order valence-corrected chi connectivity index (χ4v) is 2.71. The number of para-hydroxylation sites is 1. The lowest BCUT2D eigenvalue weighted by Crippen LogP contribution is -2.22. The molecule has 0 aliphatic heterocycles. The van der Waals surface area contributed by atoms with Crippen LogP contribution in [0.15, 0.2) is 65.2 Å². The van der Waals surface area contributed by atoms with E-state index >= 15 is 0 Å². The van der Waals surface area contributed by atoms with Gasteiger partial charge in [0.15, 0.2) is 5.76 Å². The lowest BCUT2D eigenvalue weighted by Gasteiger charge is -2.21. The summed E-state index contributed by atoms with van der Waals surface area (Å²) in [4.78, 5) is 19.0. The lowest BCUT2D eigenvalue weighted by atomic mass is 10.1. The largest absolute Gasteiger partial charge is 0.435 e. The molecule has 3 rings (SSSR count). The second kappa shape index (κ2) is 7.32. The zero-order chi connectivity index (χ0) is 17.8. The highest BCUT2D eigenvalue weighted by Gasteiger charge is 2.23. The summed E-state index contributed by atoms with van der Waals surface area (Å²) in [6.45, 7) is 0. The van der Waals surface area contributed by atoms with Gasteiger partial charge in [-0.25, -0.2) is 4.98 Å². The van der Waals surface area contributed by atoms with Crippen molar-refractivity contribution in [2.75, 3.05) is 19.8 Å². The SMILES string of the molecule is CN(C)[C@H](Cc1ccccc1)c1ncc(C(=O)c2ccccc2N)o1. The van der Waals surface area contributed by atoms with Gasteiger partial charge in [0.1, 0.15) is 0 Å². The molecule has 0 fully saturated rings. The smallest absolute Gasteiger partial charge is 0.231 e. The monoisotopic (exact) mass is 335 g/mol. The van der Waals surface area contributed by atoms with Crippen LogP contribution in [-0.2, 0) is 6.42 Å². The van der Waals surface area contributed by atoms with Crippen molar-refractivity contribution in [1.29, 1.82) is 0 Å². The van der Waals surface area contributed by atoms with Crippen LogP contribution in [0.5, 0.6) is 0 Å². The van der Waals surface area contributed by atoms with Gasteiger partial charge in [-0.05, 0) is 38.2 Å². The van der Waals surface area contributed by atoms with Gasteiger partial charge in [-0.2, -0.15) is 0 Å². The minimum Gasteiger partial charge on any atom is -0.435 e. The molecule has 1 atom stereocenters. The number of aromatic nitrogens is 1. The van der Waals surface area contributed by atoms with Gasteiger partial charge in [0, 0.05) is 11.3 Å². The number of hydrogen-bond donors (Lipinski definition) is 1. The van der Waals surface area contributed by atoms with E-state index in [0.29, 0.717) is 17.1 Å². The summed E-state index contributed by atoms with van der Waals surface area (Å²) in [7, 11) is 3.93. The van der Waals surface area contributed by atoms with Gasteiger partial charge in [0.25, 0.3) is 0 Å². The molecule has 5 nitrogen and oxygen atoms in total. The number of anilines is 1. The molecule has 0 aliphatic carbocycles. The molecular weight excluding hydrogens is 314 g/mol. The predicted molar refractivity (Wildman–Crippen MR) is 97.4 cm³/mol. The molecule has 0 unspecified atom stereocenters. The summed E-state index contributed by atoms with van der Waals surface area (Å²) in [5, 5.41) is 0. The van der Waals surface area contributed by atoms with Gasteiger partial charge in [-0.3, -0.25) is 9.69 Å². The minimum absolute atomic E-state index is 0.0583. The quantitative estimate of drug-likeness (QED) is 0.552. The Hall–Kier alpha value is -2.92. The number of hydrogen-bond acceptors (Lipinski definition) is 5. The molecule has 0 saturated heterocycles. The van der Waals surface area contributed by atoms with Crippen LogP contribution in [0, 0.1) is 0 Å². The Labute approximate surface area is 147 Å². The maximum atomic E-state index is 12.6. The predicted octanol–water partition coefficient (Wildman–Crippen LogP) is 3.33. The van der Waals surface area contributed by atoms with E-state index < -0.39 is 0 Å². The van der Waals surface area contributed by atoms with Crippen LogP contribution in [0.4, 0.5) is 5.69 Å². The third kappa shape index (κ3) is 3.78. The molecule has 0 radical (unpaired) electrons. The standard InChI is InChI=1S/C20H21N3O2/c1-23(2)17(12-14-8-4-3-5-9-14)20-22-13-18(25-20)19(24)15-10-6-7-11-16(15)21/h3-11,13,17H,12,21H2,1-2H3/t17-/m1/s1. The number of benzene rings is 2. The number of nitrogens with zero attached hydrogens (tertiary/aromatic N) is 2. The van der Waals surface area contributed by atoms with Crippen molar-refractivity contribution in [3.63, 3.8) is 0 Å². The molecule has 1 heterocycles. The number of rotatable bonds is 6. The van der Waals surface area contributed by atoms with Crippen molar-refractivity contribution in [1.82, 2.24) is 9.88 Å². The number of carbonyl (C=O) groups is 1. The third-order valence-corrected chi connectivity index (χ3v) is 4.13. The van der Waals surface area contributed by atoms with E-state index in [1.165, 1.54) is 11.8 Å². The second-order valence-electron chi connectivity index (χ2n) is 6.15. The maximum absolute atomic E-state index is 12.6. The average Bonchev–Trinajstić information content (AvgIpc) is 3.10. The lowest BCUT2D eigenvalue weighted by molar-refractivity contribution is 0.100. The zero-order valence-corrected chi connectivity index (χ0v) is 14.3. The number of carbonyl (C=O) groups excluding carboxylic acids is 1. The number of nitrogen functional groups attached to an aromatic ring is 1. The molecule has 3 aromatic rings. The van der Waals surface area contributed by atoms with Crippen molar-refractivity contribution in [2.24, 2.45) is 0 Å². The van der Waals surface area contributed by atoms with Crippen molar-refractivity contribution in [3.8, 4) is 0 Å². The number of ketones is 1. The van der Waals surface area contributed by atoms with Gasteiger partial charge in [-0.15, -0.1) is 0 Å². The van der Waals surface area contributed by atoms with Gasteiger partial charge in [0.05, 0.1) is 12.2 Å². The summed E-state index contributed by atoms with van der Waals surface area (Å²) >= 11 is 0. The molecule has 2 aromatic carbocycles. The first-order chi connectivity index (χ1) is 12.1. The minimum atomic E-state index is -0.255. The summed E-state index contributed by atoms with van der Waals surface area (Å²) < 4.78 is 5.79. The highest BCUT2D eigenvalue weighted by molar-refractivity contribution is 6.10. The first kappa shape index (κ1) is 16.9. The molecular formula is C20H21N3O2. The van der Waals surface area contributed by atoms with Crippen molar-refractivity contribution in [2.45, 2.75) is 12.5 Å². The molecule has 25 heavy (non-hydrogen) atoms. The van der Waals surface area contributed by atoms with E-state index in [0.717, 1.165) is 6.42 Å². The van der Waals surface area contributed by atoms with E-state index in [9.17, 15) is 4.79 Å². The second-order valence-corrected chi connectivity index (χ2v) is 6.15. The molecule has 0 amide bonds. The fourth-order valence-electron chi connectivity index (χ4n) is 2.71. The van der Waals surface area contributed by atoms with Crippen LogP contribution >= 0.6 is 0 Å². The van der Waals surface area contributed by atoms with Gasteiger partial charge in [-0.1, -0.05) is 42.5 Å². The summed E-state index contributed by atoms with van der Waals surface area (Å²) in [5.74, 6) is 0.466.